The van der Waals surface area contributed by atoms with Gasteiger partial charge in [-0.05, 0) is 40.7 Å². The van der Waals surface area contributed by atoms with Crippen molar-refractivity contribution in [1.29, 1.82) is 0 Å². The van der Waals surface area contributed by atoms with Crippen LogP contribution in [0.15, 0.2) is 79.1 Å². The zero-order valence-corrected chi connectivity index (χ0v) is 20.2. The fourth-order valence-electron chi connectivity index (χ4n) is 4.57. The van der Waals surface area contributed by atoms with E-state index in [1.807, 2.05) is 54.6 Å². The molecule has 0 aliphatic carbocycles. The molecule has 0 saturated carbocycles. The second-order valence-electron chi connectivity index (χ2n) is 9.43. The highest BCUT2D eigenvalue weighted by Gasteiger charge is 2.40. The van der Waals surface area contributed by atoms with E-state index in [9.17, 15) is 14.0 Å². The molecule has 3 aromatic rings. The molecule has 0 bridgehead atoms. The average Bonchev–Trinajstić information content (AvgIpc) is 3.29. The van der Waals surface area contributed by atoms with Gasteiger partial charge in [-0.1, -0.05) is 74.5 Å². The molecule has 2 heterocycles. The second-order valence-corrected chi connectivity index (χ2v) is 9.43. The van der Waals surface area contributed by atoms with Crippen LogP contribution in [0.25, 0.3) is 0 Å². The van der Waals surface area contributed by atoms with Gasteiger partial charge in [0.2, 0.25) is 11.8 Å². The Morgan fingerprint density at radius 1 is 1.00 bits per heavy atom. The number of nitrogens with one attached hydrogen (secondary N) is 1. The van der Waals surface area contributed by atoms with Crippen LogP contribution in [0.1, 0.15) is 60.9 Å². The maximum absolute atomic E-state index is 14.4. The summed E-state index contributed by atoms with van der Waals surface area (Å²) < 4.78 is 14.4. The van der Waals surface area contributed by atoms with Gasteiger partial charge in [0, 0.05) is 25.2 Å². The maximum Gasteiger partial charge on any atom is 0.243 e. The van der Waals surface area contributed by atoms with Crippen LogP contribution < -0.4 is 5.32 Å². The van der Waals surface area contributed by atoms with Crippen LogP contribution in [0.2, 0.25) is 0 Å². The van der Waals surface area contributed by atoms with Crippen molar-refractivity contribution in [2.24, 2.45) is 0 Å². The predicted molar refractivity (Wildman–Crippen MR) is 135 cm³/mol. The number of carbonyl (C=O) groups excluding carboxylic acids is 2. The fourth-order valence-corrected chi connectivity index (χ4v) is 4.57. The number of amides is 2. The van der Waals surface area contributed by atoms with Crippen LogP contribution in [-0.2, 0) is 16.0 Å². The number of likely N-dealkylation sites (tertiary alicyclic amines) is 1. The number of carbonyl (C=O) groups is 2. The average molecular weight is 474 g/mol. The lowest BCUT2D eigenvalue weighted by molar-refractivity contribution is -0.138. The van der Waals surface area contributed by atoms with E-state index in [4.69, 9.17) is 0 Å². The van der Waals surface area contributed by atoms with Crippen LogP contribution in [0.3, 0.4) is 0 Å². The SMILES string of the molecule is CC(C)c1ccc(C(NC(=O)C2CC(F)CN2C(=O)CCc2cccnc2)c2ccccc2)cc1. The number of rotatable bonds is 8. The normalized spacial score (nSPS) is 18.5. The lowest BCUT2D eigenvalue weighted by Crippen LogP contribution is -2.47. The van der Waals surface area contributed by atoms with Gasteiger partial charge < -0.3 is 10.2 Å². The van der Waals surface area contributed by atoms with Gasteiger partial charge in [-0.3, -0.25) is 14.6 Å². The molecule has 1 aromatic heterocycles. The largest absolute Gasteiger partial charge is 0.343 e. The Morgan fingerprint density at radius 2 is 1.69 bits per heavy atom. The molecule has 0 spiro atoms. The summed E-state index contributed by atoms with van der Waals surface area (Å²) in [6.07, 6.45) is 2.91. The number of hydrogen-bond acceptors (Lipinski definition) is 3. The first kappa shape index (κ1) is 24.6. The number of hydrogen-bond donors (Lipinski definition) is 1. The maximum atomic E-state index is 14.4. The summed E-state index contributed by atoms with van der Waals surface area (Å²) in [6.45, 7) is 4.22. The Kier molecular flexibility index (Phi) is 7.91. The standard InChI is InChI=1S/C29H32FN3O2/c1-20(2)22-11-13-24(14-12-22)28(23-8-4-3-5-9-23)32-29(35)26-17-25(30)19-33(26)27(34)15-10-21-7-6-16-31-18-21/h3-9,11-14,16,18,20,25-26,28H,10,15,17,19H2,1-2H3,(H,32,35). The number of pyridine rings is 1. The van der Waals surface area contributed by atoms with E-state index in [0.29, 0.717) is 12.3 Å². The van der Waals surface area contributed by atoms with E-state index in [2.05, 4.69) is 36.3 Å². The number of nitrogens with zero attached hydrogens (tertiary/aromatic N) is 2. The van der Waals surface area contributed by atoms with Crippen molar-refractivity contribution in [3.05, 3.63) is 101 Å². The zero-order chi connectivity index (χ0) is 24.8. The Balaban J connectivity index is 1.51. The van der Waals surface area contributed by atoms with Gasteiger partial charge in [-0.25, -0.2) is 4.39 Å². The Morgan fingerprint density at radius 3 is 2.34 bits per heavy atom. The van der Waals surface area contributed by atoms with Crippen molar-refractivity contribution in [1.82, 2.24) is 15.2 Å². The summed E-state index contributed by atoms with van der Waals surface area (Å²) in [4.78, 5) is 31.9. The summed E-state index contributed by atoms with van der Waals surface area (Å²) in [5, 5.41) is 3.11. The number of aryl methyl sites for hydroxylation is 1. The Labute approximate surface area is 206 Å². The Bertz CT molecular complexity index is 1120. The minimum Gasteiger partial charge on any atom is -0.343 e. The first-order valence-corrected chi connectivity index (χ1v) is 12.2. The third-order valence-corrected chi connectivity index (χ3v) is 6.58. The summed E-state index contributed by atoms with van der Waals surface area (Å²) in [5.41, 5.74) is 4.03. The van der Waals surface area contributed by atoms with E-state index in [1.165, 1.54) is 10.5 Å². The molecule has 1 aliphatic rings. The van der Waals surface area contributed by atoms with Crippen molar-refractivity contribution in [2.45, 2.75) is 57.3 Å². The van der Waals surface area contributed by atoms with Crippen LogP contribution in [0, 0.1) is 0 Å². The molecule has 35 heavy (non-hydrogen) atoms. The summed E-state index contributed by atoms with van der Waals surface area (Å²) in [7, 11) is 0. The van der Waals surface area contributed by atoms with Gasteiger partial charge >= 0.3 is 0 Å². The first-order valence-electron chi connectivity index (χ1n) is 12.2. The minimum absolute atomic E-state index is 0.0122. The fraction of sp³-hybridized carbons (Fsp3) is 0.345. The molecule has 1 fully saturated rings. The van der Waals surface area contributed by atoms with Gasteiger partial charge in [-0.2, -0.15) is 0 Å². The molecule has 1 saturated heterocycles. The molecule has 6 heteroatoms. The predicted octanol–water partition coefficient (Wildman–Crippen LogP) is 4.98. The van der Waals surface area contributed by atoms with Gasteiger partial charge in [0.15, 0.2) is 0 Å². The summed E-state index contributed by atoms with van der Waals surface area (Å²) >= 11 is 0. The third-order valence-electron chi connectivity index (χ3n) is 6.58. The molecule has 0 radical (unpaired) electrons. The zero-order valence-electron chi connectivity index (χ0n) is 20.2. The topological polar surface area (TPSA) is 62.3 Å². The molecule has 3 atom stereocenters. The molecule has 4 rings (SSSR count). The monoisotopic (exact) mass is 473 g/mol. The van der Waals surface area contributed by atoms with E-state index in [-0.39, 0.29) is 31.2 Å². The highest BCUT2D eigenvalue weighted by molar-refractivity contribution is 5.89. The quantitative estimate of drug-likeness (QED) is 0.502. The van der Waals surface area contributed by atoms with Crippen molar-refractivity contribution in [3.63, 3.8) is 0 Å². The van der Waals surface area contributed by atoms with Crippen LogP contribution in [0.5, 0.6) is 0 Å². The van der Waals surface area contributed by atoms with Crippen LogP contribution in [-0.4, -0.2) is 40.5 Å². The second kappa shape index (κ2) is 11.3. The van der Waals surface area contributed by atoms with Crippen LogP contribution in [0.4, 0.5) is 4.39 Å². The van der Waals surface area contributed by atoms with Gasteiger partial charge in [0.1, 0.15) is 12.2 Å². The Hall–Kier alpha value is -3.54. The molecule has 1 N–H and O–H groups in total. The van der Waals surface area contributed by atoms with Gasteiger partial charge in [0.25, 0.3) is 0 Å². The highest BCUT2D eigenvalue weighted by Crippen LogP contribution is 2.27. The molecule has 2 amide bonds. The molecule has 182 valence electrons. The molecule has 1 aliphatic heterocycles. The smallest absolute Gasteiger partial charge is 0.243 e. The van der Waals surface area contributed by atoms with Crippen molar-refractivity contribution < 1.29 is 14.0 Å². The summed E-state index contributed by atoms with van der Waals surface area (Å²) in [6, 6.07) is 20.4. The van der Waals surface area contributed by atoms with E-state index < -0.39 is 18.3 Å². The molecular weight excluding hydrogens is 441 g/mol. The summed E-state index contributed by atoms with van der Waals surface area (Å²) in [5.74, 6) is -0.145. The lowest BCUT2D eigenvalue weighted by atomic mass is 9.95. The third kappa shape index (κ3) is 6.13. The van der Waals surface area contributed by atoms with Crippen molar-refractivity contribution in [2.75, 3.05) is 6.54 Å². The van der Waals surface area contributed by atoms with Crippen molar-refractivity contribution in [3.8, 4) is 0 Å². The lowest BCUT2D eigenvalue weighted by Gasteiger charge is -2.27. The number of alkyl halides is 1. The minimum atomic E-state index is -1.21. The number of aromatic nitrogens is 1. The van der Waals surface area contributed by atoms with Gasteiger partial charge in [0.05, 0.1) is 12.6 Å². The molecule has 2 aromatic carbocycles. The first-order chi connectivity index (χ1) is 16.9. The van der Waals surface area contributed by atoms with E-state index in [1.54, 1.807) is 12.4 Å². The van der Waals surface area contributed by atoms with Gasteiger partial charge in [-0.15, -0.1) is 0 Å². The number of halogens is 1. The molecule has 5 nitrogen and oxygen atoms in total. The van der Waals surface area contributed by atoms with E-state index in [0.717, 1.165) is 16.7 Å². The highest BCUT2D eigenvalue weighted by atomic mass is 19.1. The van der Waals surface area contributed by atoms with Crippen LogP contribution >= 0.6 is 0 Å². The van der Waals surface area contributed by atoms with E-state index >= 15 is 0 Å². The molecular formula is C29H32FN3O2. The molecule has 3 unspecified atom stereocenters. The van der Waals surface area contributed by atoms with Crippen molar-refractivity contribution >= 4 is 11.8 Å². The number of benzene rings is 2.